The molecule has 2 N–H and O–H groups in total. The Kier molecular flexibility index (Phi) is 5.44. The molecule has 1 atom stereocenters. The number of amides is 1. The van der Waals surface area contributed by atoms with Crippen LogP contribution in [0.5, 0.6) is 0 Å². The number of hydrogen-bond donors (Lipinski definition) is 1. The van der Waals surface area contributed by atoms with Gasteiger partial charge in [-0.2, -0.15) is 0 Å². The van der Waals surface area contributed by atoms with Gasteiger partial charge in [-0.1, -0.05) is 25.7 Å². The van der Waals surface area contributed by atoms with Crippen LogP contribution in [-0.4, -0.2) is 54.5 Å². The van der Waals surface area contributed by atoms with Crippen LogP contribution < -0.4 is 5.73 Å². The summed E-state index contributed by atoms with van der Waals surface area (Å²) in [5.41, 5.74) is 5.76. The zero-order valence-electron chi connectivity index (χ0n) is 13.2. The van der Waals surface area contributed by atoms with Crippen LogP contribution in [0.3, 0.4) is 0 Å². The Hall–Kier alpha value is -0.610. The topological polar surface area (TPSA) is 49.6 Å². The van der Waals surface area contributed by atoms with Crippen molar-refractivity contribution >= 4 is 5.91 Å². The van der Waals surface area contributed by atoms with Gasteiger partial charge in [-0.15, -0.1) is 0 Å². The summed E-state index contributed by atoms with van der Waals surface area (Å²) in [6.45, 7) is 2.04. The van der Waals surface area contributed by atoms with E-state index in [4.69, 9.17) is 5.73 Å². The van der Waals surface area contributed by atoms with E-state index in [-0.39, 0.29) is 5.91 Å². The van der Waals surface area contributed by atoms with Gasteiger partial charge in [-0.25, -0.2) is 0 Å². The van der Waals surface area contributed by atoms with Gasteiger partial charge in [0.1, 0.15) is 0 Å². The Morgan fingerprint density at radius 2 is 1.95 bits per heavy atom. The predicted octanol–water partition coefficient (Wildman–Crippen LogP) is 1.98. The molecule has 1 aliphatic carbocycles. The summed E-state index contributed by atoms with van der Waals surface area (Å²) in [7, 11) is 4.13. The highest BCUT2D eigenvalue weighted by molar-refractivity contribution is 5.86. The molecule has 0 bridgehead atoms. The molecule has 0 aromatic rings. The molecule has 1 saturated heterocycles. The molecule has 2 aliphatic rings. The average Bonchev–Trinajstić information content (AvgIpc) is 2.46. The van der Waals surface area contributed by atoms with Gasteiger partial charge in [0, 0.05) is 19.6 Å². The molecule has 0 radical (unpaired) electrons. The van der Waals surface area contributed by atoms with Crippen LogP contribution in [0.1, 0.15) is 57.8 Å². The zero-order valence-corrected chi connectivity index (χ0v) is 13.2. The molecule has 1 unspecified atom stereocenters. The summed E-state index contributed by atoms with van der Waals surface area (Å²) >= 11 is 0. The molecule has 0 aromatic heterocycles. The Balaban J connectivity index is 1.81. The van der Waals surface area contributed by atoms with E-state index in [2.05, 4.69) is 11.9 Å². The quantitative estimate of drug-likeness (QED) is 0.857. The van der Waals surface area contributed by atoms with Crippen LogP contribution in [0.25, 0.3) is 0 Å². The predicted molar refractivity (Wildman–Crippen MR) is 82.5 cm³/mol. The molecular weight excluding hydrogens is 250 g/mol. The summed E-state index contributed by atoms with van der Waals surface area (Å²) in [6.07, 6.45) is 10.1. The molecule has 20 heavy (non-hydrogen) atoms. The fourth-order valence-electron chi connectivity index (χ4n) is 3.73. The number of carbonyl (C=O) groups excluding carboxylic acids is 1. The van der Waals surface area contributed by atoms with Crippen molar-refractivity contribution in [1.82, 2.24) is 9.80 Å². The molecule has 1 heterocycles. The number of piperidine rings is 1. The first-order chi connectivity index (χ1) is 9.53. The largest absolute Gasteiger partial charge is 0.344 e. The molecule has 1 saturated carbocycles. The number of rotatable bonds is 4. The minimum atomic E-state index is -0.578. The van der Waals surface area contributed by atoms with Crippen molar-refractivity contribution in [3.8, 4) is 0 Å². The second-order valence-electron chi connectivity index (χ2n) is 6.86. The van der Waals surface area contributed by atoms with Gasteiger partial charge in [-0.3, -0.25) is 4.79 Å². The summed E-state index contributed by atoms with van der Waals surface area (Å²) in [6, 6.07) is 0.638. The average molecular weight is 281 g/mol. The van der Waals surface area contributed by atoms with Crippen molar-refractivity contribution in [3.63, 3.8) is 0 Å². The van der Waals surface area contributed by atoms with E-state index in [0.29, 0.717) is 6.04 Å². The molecular formula is C16H31N3O. The Morgan fingerprint density at radius 1 is 1.25 bits per heavy atom. The van der Waals surface area contributed by atoms with E-state index in [1.54, 1.807) is 0 Å². The normalized spacial score (nSPS) is 27.2. The third-order valence-electron chi connectivity index (χ3n) is 5.24. The third kappa shape index (κ3) is 3.73. The zero-order chi connectivity index (χ0) is 14.6. The maximum atomic E-state index is 12.6. The van der Waals surface area contributed by atoms with Crippen molar-refractivity contribution < 1.29 is 4.79 Å². The van der Waals surface area contributed by atoms with Crippen LogP contribution in [0.4, 0.5) is 0 Å². The number of nitrogens with two attached hydrogens (primary N) is 1. The van der Waals surface area contributed by atoms with Crippen molar-refractivity contribution in [2.45, 2.75) is 69.4 Å². The molecule has 116 valence electrons. The lowest BCUT2D eigenvalue weighted by Crippen LogP contribution is -2.55. The molecule has 2 fully saturated rings. The van der Waals surface area contributed by atoms with E-state index >= 15 is 0 Å². The summed E-state index contributed by atoms with van der Waals surface area (Å²) in [5.74, 6) is 0.163. The molecule has 1 aliphatic heterocycles. The highest BCUT2D eigenvalue weighted by atomic mass is 16.2. The van der Waals surface area contributed by atoms with Crippen molar-refractivity contribution in [1.29, 1.82) is 0 Å². The summed E-state index contributed by atoms with van der Waals surface area (Å²) < 4.78 is 0. The number of likely N-dealkylation sites (tertiary alicyclic amines) is 1. The molecule has 4 nitrogen and oxygen atoms in total. The molecule has 0 spiro atoms. The van der Waals surface area contributed by atoms with Crippen molar-refractivity contribution in [2.75, 3.05) is 27.2 Å². The van der Waals surface area contributed by atoms with Crippen LogP contribution in [0.15, 0.2) is 0 Å². The second-order valence-corrected chi connectivity index (χ2v) is 6.86. The van der Waals surface area contributed by atoms with Crippen LogP contribution in [0, 0.1) is 0 Å². The number of carbonyl (C=O) groups is 1. The lowest BCUT2D eigenvalue weighted by Gasteiger charge is -2.37. The fraction of sp³-hybridized carbons (Fsp3) is 0.938. The SMILES string of the molecule is CN(CCC1CCCCN1C)C(=O)C1(N)CCCCC1. The van der Waals surface area contributed by atoms with E-state index < -0.39 is 5.54 Å². The van der Waals surface area contributed by atoms with Gasteiger partial charge in [0.15, 0.2) is 0 Å². The lowest BCUT2D eigenvalue weighted by atomic mass is 9.81. The lowest BCUT2D eigenvalue weighted by molar-refractivity contribution is -0.137. The third-order valence-corrected chi connectivity index (χ3v) is 5.24. The van der Waals surface area contributed by atoms with Gasteiger partial charge >= 0.3 is 0 Å². The Bertz CT molecular complexity index is 326. The first-order valence-corrected chi connectivity index (χ1v) is 8.28. The minimum absolute atomic E-state index is 0.163. The minimum Gasteiger partial charge on any atom is -0.344 e. The summed E-state index contributed by atoms with van der Waals surface area (Å²) in [4.78, 5) is 16.9. The molecule has 0 aromatic carbocycles. The smallest absolute Gasteiger partial charge is 0.242 e. The maximum Gasteiger partial charge on any atom is 0.242 e. The highest BCUT2D eigenvalue weighted by Crippen LogP contribution is 2.27. The van der Waals surface area contributed by atoms with E-state index in [1.165, 1.54) is 32.2 Å². The van der Waals surface area contributed by atoms with E-state index in [0.717, 1.165) is 38.6 Å². The van der Waals surface area contributed by atoms with E-state index in [9.17, 15) is 4.79 Å². The number of likely N-dealkylation sites (N-methyl/N-ethyl adjacent to an activating group) is 1. The number of hydrogen-bond acceptors (Lipinski definition) is 3. The van der Waals surface area contributed by atoms with Gasteiger partial charge in [0.05, 0.1) is 5.54 Å². The maximum absolute atomic E-state index is 12.6. The van der Waals surface area contributed by atoms with Crippen LogP contribution >= 0.6 is 0 Å². The van der Waals surface area contributed by atoms with Gasteiger partial charge in [0.25, 0.3) is 0 Å². The van der Waals surface area contributed by atoms with Crippen LogP contribution in [0.2, 0.25) is 0 Å². The van der Waals surface area contributed by atoms with Crippen LogP contribution in [-0.2, 0) is 4.79 Å². The fourth-order valence-corrected chi connectivity index (χ4v) is 3.73. The first kappa shape index (κ1) is 15.8. The number of nitrogens with zero attached hydrogens (tertiary/aromatic N) is 2. The highest BCUT2D eigenvalue weighted by Gasteiger charge is 2.37. The first-order valence-electron chi connectivity index (χ1n) is 8.28. The molecule has 4 heteroatoms. The van der Waals surface area contributed by atoms with E-state index in [1.807, 2.05) is 11.9 Å². The Morgan fingerprint density at radius 3 is 2.60 bits per heavy atom. The molecule has 2 rings (SSSR count). The summed E-state index contributed by atoms with van der Waals surface area (Å²) in [5, 5.41) is 0. The van der Waals surface area contributed by atoms with Crippen molar-refractivity contribution in [2.24, 2.45) is 5.73 Å². The monoisotopic (exact) mass is 281 g/mol. The van der Waals surface area contributed by atoms with Gasteiger partial charge in [-0.05, 0) is 45.7 Å². The van der Waals surface area contributed by atoms with Gasteiger partial charge < -0.3 is 15.5 Å². The van der Waals surface area contributed by atoms with Gasteiger partial charge in [0.2, 0.25) is 5.91 Å². The second kappa shape index (κ2) is 6.90. The molecule has 1 amide bonds. The van der Waals surface area contributed by atoms with Crippen molar-refractivity contribution in [3.05, 3.63) is 0 Å². The standard InChI is InChI=1S/C16H31N3O/c1-18-12-7-4-8-14(18)9-13-19(2)15(20)16(17)10-5-3-6-11-16/h14H,3-13,17H2,1-2H3. The Labute approximate surface area is 123 Å².